The summed E-state index contributed by atoms with van der Waals surface area (Å²) < 4.78 is 0. The van der Waals surface area contributed by atoms with Crippen LogP contribution in [0.2, 0.25) is 0 Å². The van der Waals surface area contributed by atoms with Crippen LogP contribution in [0.5, 0.6) is 0 Å². The Balaban J connectivity index is 0.000000171. The maximum Gasteiger partial charge on any atom is 0.0893 e. The van der Waals surface area contributed by atoms with E-state index in [9.17, 15) is 0 Å². The molecule has 0 radical (unpaired) electrons. The van der Waals surface area contributed by atoms with E-state index in [1.165, 1.54) is 36.3 Å². The second kappa shape index (κ2) is 12.9. The molecule has 0 bridgehead atoms. The van der Waals surface area contributed by atoms with Crippen molar-refractivity contribution in [2.24, 2.45) is 28.6 Å². The number of piperidine rings is 1. The molecule has 6 heteroatoms. The minimum Gasteiger partial charge on any atom is -0.367 e. The van der Waals surface area contributed by atoms with Crippen LogP contribution >= 0.6 is 0 Å². The Labute approximate surface area is 300 Å². The first-order valence-electron chi connectivity index (χ1n) is 19.6. The van der Waals surface area contributed by atoms with E-state index in [2.05, 4.69) is 159 Å². The average molecular weight is 671 g/mol. The summed E-state index contributed by atoms with van der Waals surface area (Å²) in [6.45, 7) is 34.8. The lowest BCUT2D eigenvalue weighted by molar-refractivity contribution is -0.00410. The first-order chi connectivity index (χ1) is 22.7. The van der Waals surface area contributed by atoms with Gasteiger partial charge in [-0.2, -0.15) is 0 Å². The number of hydrogen-bond acceptors (Lipinski definition) is 6. The van der Waals surface area contributed by atoms with Gasteiger partial charge in [-0.1, -0.05) is 85.7 Å². The van der Waals surface area contributed by atoms with Gasteiger partial charge in [0.2, 0.25) is 0 Å². The summed E-state index contributed by atoms with van der Waals surface area (Å²) in [5.74, 6) is 3.01. The molecule has 7 rings (SSSR count). The first kappa shape index (κ1) is 36.8. The third kappa shape index (κ3) is 6.62. The van der Waals surface area contributed by atoms with Crippen molar-refractivity contribution in [2.75, 3.05) is 11.9 Å². The maximum atomic E-state index is 4.82. The smallest absolute Gasteiger partial charge is 0.0893 e. The van der Waals surface area contributed by atoms with Gasteiger partial charge in [0.25, 0.3) is 0 Å². The van der Waals surface area contributed by atoms with E-state index in [-0.39, 0.29) is 22.7 Å². The van der Waals surface area contributed by atoms with Gasteiger partial charge in [-0.15, -0.1) is 0 Å². The van der Waals surface area contributed by atoms with Crippen LogP contribution in [0, 0.1) is 28.6 Å². The number of likely N-dealkylation sites (tertiary alicyclic amines) is 2. The Morgan fingerprint density at radius 2 is 1.35 bits per heavy atom. The van der Waals surface area contributed by atoms with Gasteiger partial charge in [-0.25, -0.2) is 0 Å². The minimum absolute atomic E-state index is 0.0689. The maximum absolute atomic E-state index is 4.82. The predicted octanol–water partition coefficient (Wildman–Crippen LogP) is 8.68. The molecule has 0 amide bonds. The van der Waals surface area contributed by atoms with E-state index >= 15 is 0 Å². The normalized spacial score (nSPS) is 34.9. The molecule has 10 atom stereocenters. The number of hydrogen-bond donors (Lipinski definition) is 3. The molecule has 4 fully saturated rings. The molecule has 5 aliphatic heterocycles. The van der Waals surface area contributed by atoms with E-state index < -0.39 is 0 Å². The molecule has 6 heterocycles. The van der Waals surface area contributed by atoms with Crippen molar-refractivity contribution >= 4 is 5.69 Å². The fraction of sp³-hybridized carbons (Fsp3) is 0.744. The van der Waals surface area contributed by atoms with Gasteiger partial charge >= 0.3 is 0 Å². The van der Waals surface area contributed by atoms with E-state index in [1.807, 2.05) is 12.3 Å². The molecule has 0 spiro atoms. The summed E-state index contributed by atoms with van der Waals surface area (Å²) in [6, 6.07) is 17.7. The topological polar surface area (TPSA) is 55.5 Å². The Morgan fingerprint density at radius 1 is 0.735 bits per heavy atom. The molecular weight excluding hydrogens is 601 g/mol. The standard InChI is InChI=1S/C23H31N3.C20H39N3/c1-22(2,3)20-17(15-11-8-7-9-12-15)18-19-16(13-10-14-24-19)25-21(18)26(20)23(4,5)6;1-12(2)14-15-16-13(10-9-11-21-16)22-18(15)23(20(6,7)8)17(14)19(3,4)5/h7-14,17-18,20-21,25H,1-6H3;12-18,21-22H,9-11H2,1-8H3. The summed E-state index contributed by atoms with van der Waals surface area (Å²) >= 11 is 0. The SMILES string of the molecule is CC(C)(C)C1C(c2ccccc2)C2c3ncccc3NC2N1C(C)(C)C.CC(C)C1C2C3NCCCC3NC2N(C(C)(C)C)C1C(C)(C)C. The van der Waals surface area contributed by atoms with Crippen molar-refractivity contribution in [3.63, 3.8) is 0 Å². The summed E-state index contributed by atoms with van der Waals surface area (Å²) in [4.78, 5) is 10.4. The quantitative estimate of drug-likeness (QED) is 0.297. The van der Waals surface area contributed by atoms with Gasteiger partial charge in [0, 0.05) is 59.2 Å². The van der Waals surface area contributed by atoms with Gasteiger partial charge in [0.15, 0.2) is 0 Å². The molecule has 0 aliphatic carbocycles. The molecule has 6 nitrogen and oxygen atoms in total. The monoisotopic (exact) mass is 671 g/mol. The number of pyridine rings is 1. The number of nitrogens with zero attached hydrogens (tertiary/aromatic N) is 3. The Hall–Kier alpha value is -1.99. The average Bonchev–Trinajstić information content (AvgIpc) is 3.72. The van der Waals surface area contributed by atoms with Gasteiger partial charge in [-0.3, -0.25) is 20.1 Å². The molecule has 49 heavy (non-hydrogen) atoms. The highest BCUT2D eigenvalue weighted by Gasteiger charge is 2.63. The van der Waals surface area contributed by atoms with Crippen molar-refractivity contribution in [2.45, 2.75) is 169 Å². The van der Waals surface area contributed by atoms with Gasteiger partial charge in [-0.05, 0) is 101 Å². The number of aromatic nitrogens is 1. The molecule has 10 unspecified atom stereocenters. The van der Waals surface area contributed by atoms with Crippen molar-refractivity contribution in [3.05, 3.63) is 59.9 Å². The van der Waals surface area contributed by atoms with Crippen LogP contribution < -0.4 is 16.0 Å². The number of fused-ring (bicyclic) bond motifs is 6. The van der Waals surface area contributed by atoms with Crippen molar-refractivity contribution in [3.8, 4) is 0 Å². The Bertz CT molecular complexity index is 1430. The number of nitrogens with one attached hydrogen (secondary N) is 3. The van der Waals surface area contributed by atoms with Gasteiger partial charge in [0.05, 0.1) is 23.7 Å². The lowest BCUT2D eigenvalue weighted by atomic mass is 9.69. The van der Waals surface area contributed by atoms with Crippen LogP contribution in [0.15, 0.2) is 48.7 Å². The van der Waals surface area contributed by atoms with E-state index in [0.29, 0.717) is 47.6 Å². The second-order valence-electron chi connectivity index (χ2n) is 20.5. The Kier molecular flexibility index (Phi) is 9.68. The highest BCUT2D eigenvalue weighted by molar-refractivity contribution is 5.59. The highest BCUT2D eigenvalue weighted by Crippen LogP contribution is 2.58. The first-order valence-corrected chi connectivity index (χ1v) is 19.6. The summed E-state index contributed by atoms with van der Waals surface area (Å²) in [7, 11) is 0. The zero-order chi connectivity index (χ0) is 35.8. The fourth-order valence-corrected chi connectivity index (χ4v) is 11.2. The molecular formula is C43H70N6. The third-order valence-corrected chi connectivity index (χ3v) is 12.5. The highest BCUT2D eigenvalue weighted by atomic mass is 15.4. The van der Waals surface area contributed by atoms with Crippen LogP contribution in [0.3, 0.4) is 0 Å². The molecule has 3 N–H and O–H groups in total. The number of rotatable bonds is 2. The molecule has 5 aliphatic rings. The lowest BCUT2D eigenvalue weighted by Gasteiger charge is -2.48. The zero-order valence-corrected chi connectivity index (χ0v) is 33.4. The molecule has 2 aromatic rings. The zero-order valence-electron chi connectivity index (χ0n) is 33.4. The molecule has 1 aromatic heterocycles. The molecule has 0 saturated carbocycles. The number of benzene rings is 1. The lowest BCUT2D eigenvalue weighted by Crippen LogP contribution is -2.59. The minimum atomic E-state index is 0.0689. The van der Waals surface area contributed by atoms with Gasteiger partial charge in [0.1, 0.15) is 0 Å². The second-order valence-corrected chi connectivity index (χ2v) is 20.5. The van der Waals surface area contributed by atoms with Crippen molar-refractivity contribution in [1.82, 2.24) is 25.4 Å². The van der Waals surface area contributed by atoms with Crippen LogP contribution in [-0.4, -0.2) is 68.9 Å². The van der Waals surface area contributed by atoms with Crippen LogP contribution in [-0.2, 0) is 0 Å². The molecule has 4 saturated heterocycles. The van der Waals surface area contributed by atoms with Gasteiger partial charge < -0.3 is 10.6 Å². The van der Waals surface area contributed by atoms with Crippen molar-refractivity contribution < 1.29 is 0 Å². The predicted molar refractivity (Wildman–Crippen MR) is 207 cm³/mol. The van der Waals surface area contributed by atoms with Crippen molar-refractivity contribution in [1.29, 1.82) is 0 Å². The summed E-state index contributed by atoms with van der Waals surface area (Å²) in [5, 5.41) is 11.8. The summed E-state index contributed by atoms with van der Waals surface area (Å²) in [6.07, 6.45) is 5.42. The Morgan fingerprint density at radius 3 is 1.92 bits per heavy atom. The molecule has 1 aromatic carbocycles. The van der Waals surface area contributed by atoms with Crippen LogP contribution in [0.25, 0.3) is 0 Å². The third-order valence-electron chi connectivity index (χ3n) is 12.5. The van der Waals surface area contributed by atoms with E-state index in [0.717, 1.165) is 17.8 Å². The van der Waals surface area contributed by atoms with E-state index in [4.69, 9.17) is 4.98 Å². The van der Waals surface area contributed by atoms with E-state index in [1.54, 1.807) is 0 Å². The molecule has 272 valence electrons. The summed E-state index contributed by atoms with van der Waals surface area (Å²) in [5.41, 5.74) is 4.59. The van der Waals surface area contributed by atoms with Crippen LogP contribution in [0.1, 0.15) is 133 Å². The largest absolute Gasteiger partial charge is 0.367 e. The number of anilines is 1. The van der Waals surface area contributed by atoms with Crippen LogP contribution in [0.4, 0.5) is 5.69 Å². The fourth-order valence-electron chi connectivity index (χ4n) is 11.2.